The minimum absolute atomic E-state index is 0.0569. The lowest BCUT2D eigenvalue weighted by atomic mass is 9.95. The quantitative estimate of drug-likeness (QED) is 0.183. The summed E-state index contributed by atoms with van der Waals surface area (Å²) < 4.78 is 20.1. The predicted octanol–water partition coefficient (Wildman–Crippen LogP) is 6.24. The minimum atomic E-state index is -1.19. The molecule has 5 rings (SSSR count). The van der Waals surface area contributed by atoms with Crippen LogP contribution in [-0.2, 0) is 21.0 Å². The Morgan fingerprint density at radius 3 is 2.51 bits per heavy atom. The Morgan fingerprint density at radius 1 is 1.13 bits per heavy atom. The molecular weight excluding hydrogens is 636 g/mol. The number of piperazine rings is 1. The van der Waals surface area contributed by atoms with E-state index in [1.807, 2.05) is 62.4 Å². The van der Waals surface area contributed by atoms with Crippen molar-refractivity contribution >= 4 is 48.5 Å². The summed E-state index contributed by atoms with van der Waals surface area (Å²) in [5, 5.41) is 1.45. The molecule has 0 saturated carbocycles. The lowest BCUT2D eigenvalue weighted by molar-refractivity contribution is -0.134. The number of hydrogen-bond donors (Lipinski definition) is 0. The van der Waals surface area contributed by atoms with Gasteiger partial charge in [0.05, 0.1) is 18.2 Å². The zero-order chi connectivity index (χ0) is 34.1. The van der Waals surface area contributed by atoms with Crippen molar-refractivity contribution in [2.75, 3.05) is 44.3 Å². The fourth-order valence-electron chi connectivity index (χ4n) is 5.96. The number of amides is 2. The lowest BCUT2D eigenvalue weighted by Gasteiger charge is -2.42. The Morgan fingerprint density at radius 2 is 1.85 bits per heavy atom. The van der Waals surface area contributed by atoms with E-state index >= 15 is 0 Å². The van der Waals surface area contributed by atoms with Gasteiger partial charge in [0.15, 0.2) is 5.65 Å². The van der Waals surface area contributed by atoms with Gasteiger partial charge in [0.2, 0.25) is 5.91 Å². The molecule has 1 unspecified atom stereocenters. The number of ether oxygens (including phenoxy) is 3. The number of carbonyl (C=O) groups is 2. The molecule has 11 nitrogen and oxygen atoms in total. The van der Waals surface area contributed by atoms with Gasteiger partial charge in [-0.25, -0.2) is 14.8 Å². The molecule has 2 amide bonds. The maximum Gasteiger partial charge on any atom is 0.410 e. The van der Waals surface area contributed by atoms with E-state index in [-0.39, 0.29) is 24.5 Å². The van der Waals surface area contributed by atoms with E-state index in [4.69, 9.17) is 30.8 Å². The second-order valence-electron chi connectivity index (χ2n) is 15.0. The maximum atomic E-state index is 14.4. The summed E-state index contributed by atoms with van der Waals surface area (Å²) in [4.78, 5) is 42.7. The van der Waals surface area contributed by atoms with Crippen molar-refractivity contribution in [1.29, 1.82) is 0 Å². The zero-order valence-corrected chi connectivity index (χ0v) is 30.7. The van der Waals surface area contributed by atoms with E-state index < -0.39 is 25.7 Å². The van der Waals surface area contributed by atoms with Gasteiger partial charge < -0.3 is 33.5 Å². The molecule has 256 valence electrons. The first-order valence-electron chi connectivity index (χ1n) is 16.5. The molecule has 2 aromatic heterocycles. The highest BCUT2D eigenvalue weighted by molar-refractivity contribution is 6.76. The van der Waals surface area contributed by atoms with Crippen molar-refractivity contribution in [3.63, 3.8) is 0 Å². The molecule has 47 heavy (non-hydrogen) atoms. The van der Waals surface area contributed by atoms with Gasteiger partial charge in [-0.1, -0.05) is 43.4 Å². The molecule has 0 N–H and O–H groups in total. The molecule has 2 aliphatic rings. The van der Waals surface area contributed by atoms with Crippen molar-refractivity contribution < 1.29 is 23.8 Å². The van der Waals surface area contributed by atoms with Gasteiger partial charge in [0.25, 0.3) is 0 Å². The summed E-state index contributed by atoms with van der Waals surface area (Å²) in [6.45, 7) is 19.6. The van der Waals surface area contributed by atoms with E-state index in [2.05, 4.69) is 29.5 Å². The Kier molecular flexibility index (Phi) is 10.4. The van der Waals surface area contributed by atoms with Gasteiger partial charge in [0.1, 0.15) is 42.2 Å². The van der Waals surface area contributed by atoms with Crippen LogP contribution in [0.1, 0.15) is 46.1 Å². The van der Waals surface area contributed by atoms with Crippen LogP contribution in [0, 0.1) is 0 Å². The van der Waals surface area contributed by atoms with Crippen molar-refractivity contribution in [3.8, 4) is 5.75 Å². The predicted molar refractivity (Wildman–Crippen MR) is 187 cm³/mol. The number of nitrogens with zero attached hydrogens (tertiary/aromatic N) is 6. The van der Waals surface area contributed by atoms with Crippen LogP contribution in [-0.4, -0.2) is 101 Å². The first-order chi connectivity index (χ1) is 22.1. The molecule has 0 radical (unpaired) electrons. The molecule has 2 aliphatic heterocycles. The van der Waals surface area contributed by atoms with Crippen LogP contribution < -0.4 is 9.64 Å². The molecule has 0 bridgehead atoms. The van der Waals surface area contributed by atoms with E-state index in [9.17, 15) is 9.59 Å². The Labute approximate surface area is 284 Å². The van der Waals surface area contributed by atoms with Crippen molar-refractivity contribution in [3.05, 3.63) is 47.4 Å². The number of benzene rings is 1. The molecule has 0 aliphatic carbocycles. The third-order valence-electron chi connectivity index (χ3n) is 8.52. The number of anilines is 1. The fourth-order valence-corrected chi connectivity index (χ4v) is 6.84. The monoisotopic (exact) mass is 684 g/mol. The fraction of sp³-hybridized carbons (Fsp3) is 0.588. The largest absolute Gasteiger partial charge is 0.489 e. The first-order valence-corrected chi connectivity index (χ1v) is 20.5. The summed E-state index contributed by atoms with van der Waals surface area (Å²) in [6, 6.07) is 8.09. The van der Waals surface area contributed by atoms with Crippen LogP contribution in [0.25, 0.3) is 11.0 Å². The minimum Gasteiger partial charge on any atom is -0.489 e. The molecule has 3 aromatic rings. The Bertz CT molecular complexity index is 1570. The number of fused-ring (bicyclic) bond motifs is 2. The highest BCUT2D eigenvalue weighted by Gasteiger charge is 2.39. The van der Waals surface area contributed by atoms with E-state index in [1.54, 1.807) is 23.4 Å². The van der Waals surface area contributed by atoms with Gasteiger partial charge in [-0.15, -0.1) is 0 Å². The Balaban J connectivity index is 1.35. The highest BCUT2D eigenvalue weighted by Crippen LogP contribution is 2.38. The lowest BCUT2D eigenvalue weighted by Crippen LogP contribution is -2.58. The second-order valence-corrected chi connectivity index (χ2v) is 21.0. The third kappa shape index (κ3) is 8.39. The molecule has 13 heteroatoms. The number of rotatable bonds is 10. The number of carbonyl (C=O) groups excluding carboxylic acids is 2. The van der Waals surface area contributed by atoms with Crippen LogP contribution in [0.4, 0.5) is 10.6 Å². The van der Waals surface area contributed by atoms with Gasteiger partial charge in [-0.2, -0.15) is 0 Å². The van der Waals surface area contributed by atoms with Crippen molar-refractivity contribution in [2.24, 2.45) is 0 Å². The number of aromatic nitrogens is 3. The van der Waals surface area contributed by atoms with Gasteiger partial charge >= 0.3 is 6.09 Å². The molecule has 1 aromatic carbocycles. The topological polar surface area (TPSA) is 102 Å². The average Bonchev–Trinajstić information content (AvgIpc) is 3.26. The van der Waals surface area contributed by atoms with Gasteiger partial charge in [-0.3, -0.25) is 4.79 Å². The second kappa shape index (κ2) is 14.0. The van der Waals surface area contributed by atoms with E-state index in [0.717, 1.165) is 34.2 Å². The first kappa shape index (κ1) is 35.0. The molecule has 2 atom stereocenters. The van der Waals surface area contributed by atoms with Crippen LogP contribution >= 0.6 is 11.6 Å². The number of halogens is 1. The van der Waals surface area contributed by atoms with Crippen molar-refractivity contribution in [1.82, 2.24) is 24.3 Å². The molecule has 0 spiro atoms. The summed E-state index contributed by atoms with van der Waals surface area (Å²) in [5.74, 6) is 0.871. The normalized spacial score (nSPS) is 17.3. The highest BCUT2D eigenvalue weighted by atomic mass is 35.5. The summed E-state index contributed by atoms with van der Waals surface area (Å²) in [7, 11) is -1.19. The zero-order valence-electron chi connectivity index (χ0n) is 29.0. The van der Waals surface area contributed by atoms with E-state index in [1.165, 1.54) is 0 Å². The summed E-state index contributed by atoms with van der Waals surface area (Å²) in [5.41, 5.74) is 0.908. The van der Waals surface area contributed by atoms with E-state index in [0.29, 0.717) is 44.6 Å². The van der Waals surface area contributed by atoms with Gasteiger partial charge in [-0.05, 0) is 58.4 Å². The Hall–Kier alpha value is -3.35. The molecule has 1 fully saturated rings. The smallest absolute Gasteiger partial charge is 0.410 e. The number of hydrogen-bond acceptors (Lipinski definition) is 8. The SMILES string of the molecule is CC(C)N(C[C@@H](C(=O)N1CCN2c3ncnc4c3c(cn4COCC[Si](C)(C)C)OCC2C1)c1ccc(Cl)cc1)C(=O)OC(C)(C)C. The summed E-state index contributed by atoms with van der Waals surface area (Å²) in [6.07, 6.45) is 3.10. The molecular formula is C34H49ClN6O5Si. The third-order valence-corrected chi connectivity index (χ3v) is 10.5. The average molecular weight is 685 g/mol. The molecule has 1 saturated heterocycles. The maximum absolute atomic E-state index is 14.4. The molecule has 4 heterocycles. The van der Waals surface area contributed by atoms with Crippen molar-refractivity contribution in [2.45, 2.75) is 90.6 Å². The standard InChI is InChI=1S/C34H49ClN6O5Si/c1-23(2)41(33(43)46-34(3,4)5)18-27(24-9-11-25(35)12-10-24)32(42)38-13-14-40-26(17-38)20-45-28-19-39(22-44-15-16-47(6,7)8)30-29(28)31(40)37-21-36-30/h9-12,19,21,23,26-27H,13-18,20,22H2,1-8H3/t26?,27-/m1/s1. The van der Waals surface area contributed by atoms with Crippen LogP contribution in [0.5, 0.6) is 5.75 Å². The summed E-state index contributed by atoms with van der Waals surface area (Å²) >= 11 is 6.22. The van der Waals surface area contributed by atoms with Crippen LogP contribution in [0.2, 0.25) is 30.7 Å². The van der Waals surface area contributed by atoms with Gasteiger partial charge in [0, 0.05) is 51.9 Å². The van der Waals surface area contributed by atoms with Crippen LogP contribution in [0.3, 0.4) is 0 Å². The van der Waals surface area contributed by atoms with Crippen LogP contribution in [0.15, 0.2) is 36.8 Å².